The van der Waals surface area contributed by atoms with Gasteiger partial charge in [0.25, 0.3) is 0 Å². The SMILES string of the molecule is Fc1cc(F)c(N2CCCN3CCCC3C2)c(F)c1. The highest BCUT2D eigenvalue weighted by Gasteiger charge is 2.30. The molecule has 0 aromatic heterocycles. The second kappa shape index (κ2) is 5.04. The third-order valence-electron chi connectivity index (χ3n) is 4.10. The lowest BCUT2D eigenvalue weighted by molar-refractivity contribution is 0.273. The molecule has 0 spiro atoms. The quantitative estimate of drug-likeness (QED) is 0.774. The van der Waals surface area contributed by atoms with Crippen LogP contribution in [0.5, 0.6) is 0 Å². The Balaban J connectivity index is 1.89. The summed E-state index contributed by atoms with van der Waals surface area (Å²) in [4.78, 5) is 4.12. The number of fused-ring (bicyclic) bond motifs is 1. The fourth-order valence-electron chi connectivity index (χ4n) is 3.25. The third-order valence-corrected chi connectivity index (χ3v) is 4.10. The van der Waals surface area contributed by atoms with Crippen LogP contribution < -0.4 is 4.90 Å². The minimum absolute atomic E-state index is 0.0739. The summed E-state index contributed by atoms with van der Waals surface area (Å²) < 4.78 is 40.6. The molecule has 104 valence electrons. The zero-order valence-electron chi connectivity index (χ0n) is 10.7. The fraction of sp³-hybridized carbons (Fsp3) is 0.571. The normalized spacial score (nSPS) is 24.4. The van der Waals surface area contributed by atoms with E-state index in [1.54, 1.807) is 4.90 Å². The van der Waals surface area contributed by atoms with Crippen molar-refractivity contribution in [1.82, 2.24) is 4.90 Å². The molecule has 0 bridgehead atoms. The van der Waals surface area contributed by atoms with Crippen molar-refractivity contribution in [2.75, 3.05) is 31.1 Å². The molecule has 1 unspecified atom stereocenters. The molecule has 2 heterocycles. The van der Waals surface area contributed by atoms with Crippen LogP contribution in [0, 0.1) is 17.5 Å². The Bertz CT molecular complexity index is 455. The van der Waals surface area contributed by atoms with Gasteiger partial charge in [-0.05, 0) is 25.8 Å². The molecule has 3 rings (SSSR count). The van der Waals surface area contributed by atoms with Gasteiger partial charge in [-0.15, -0.1) is 0 Å². The molecule has 2 nitrogen and oxygen atoms in total. The summed E-state index contributed by atoms with van der Waals surface area (Å²) in [6.07, 6.45) is 3.10. The minimum Gasteiger partial charge on any atom is -0.365 e. The van der Waals surface area contributed by atoms with Gasteiger partial charge in [0.2, 0.25) is 0 Å². The molecule has 0 N–H and O–H groups in total. The number of nitrogens with zero attached hydrogens (tertiary/aromatic N) is 2. The predicted octanol–water partition coefficient (Wildman–Crippen LogP) is 2.78. The first kappa shape index (κ1) is 12.8. The summed E-state index contributed by atoms with van der Waals surface area (Å²) in [6, 6.07) is 1.89. The molecule has 5 heteroatoms. The first-order chi connectivity index (χ1) is 9.15. The van der Waals surface area contributed by atoms with Gasteiger partial charge in [0.15, 0.2) is 11.6 Å². The van der Waals surface area contributed by atoms with E-state index < -0.39 is 17.5 Å². The van der Waals surface area contributed by atoms with Crippen molar-refractivity contribution in [3.63, 3.8) is 0 Å². The lowest BCUT2D eigenvalue weighted by atomic mass is 10.2. The highest BCUT2D eigenvalue weighted by Crippen LogP contribution is 2.29. The van der Waals surface area contributed by atoms with Crippen molar-refractivity contribution >= 4 is 5.69 Å². The molecule has 0 aliphatic carbocycles. The van der Waals surface area contributed by atoms with Crippen LogP contribution in [0.1, 0.15) is 19.3 Å². The molecule has 2 aliphatic heterocycles. The van der Waals surface area contributed by atoms with Crippen LogP contribution in [0.4, 0.5) is 18.9 Å². The largest absolute Gasteiger partial charge is 0.365 e. The summed E-state index contributed by atoms with van der Waals surface area (Å²) in [6.45, 7) is 3.30. The van der Waals surface area contributed by atoms with Gasteiger partial charge < -0.3 is 4.90 Å². The summed E-state index contributed by atoms with van der Waals surface area (Å²) in [5.74, 6) is -2.47. The highest BCUT2D eigenvalue weighted by atomic mass is 19.1. The summed E-state index contributed by atoms with van der Waals surface area (Å²) in [7, 11) is 0. The lowest BCUT2D eigenvalue weighted by Gasteiger charge is -2.27. The van der Waals surface area contributed by atoms with E-state index >= 15 is 0 Å². The maximum absolute atomic E-state index is 13.8. The number of hydrogen-bond donors (Lipinski definition) is 0. The molecule has 2 fully saturated rings. The molecule has 0 radical (unpaired) electrons. The molecule has 1 aromatic carbocycles. The van der Waals surface area contributed by atoms with E-state index in [9.17, 15) is 13.2 Å². The van der Waals surface area contributed by atoms with E-state index in [2.05, 4.69) is 4.90 Å². The van der Waals surface area contributed by atoms with Crippen molar-refractivity contribution in [3.05, 3.63) is 29.6 Å². The average Bonchev–Trinajstić information content (AvgIpc) is 2.67. The van der Waals surface area contributed by atoms with E-state index in [1.165, 1.54) is 0 Å². The van der Waals surface area contributed by atoms with Gasteiger partial charge in [-0.3, -0.25) is 4.90 Å². The molecule has 2 saturated heterocycles. The number of benzene rings is 1. The van der Waals surface area contributed by atoms with Crippen LogP contribution >= 0.6 is 0 Å². The van der Waals surface area contributed by atoms with Gasteiger partial charge in [0.1, 0.15) is 11.5 Å². The molecular weight excluding hydrogens is 253 g/mol. The van der Waals surface area contributed by atoms with Crippen LogP contribution in [-0.4, -0.2) is 37.1 Å². The van der Waals surface area contributed by atoms with Crippen LogP contribution in [0.25, 0.3) is 0 Å². The molecule has 1 aromatic rings. The van der Waals surface area contributed by atoms with Crippen molar-refractivity contribution in [3.8, 4) is 0 Å². The van der Waals surface area contributed by atoms with E-state index in [1.807, 2.05) is 0 Å². The third kappa shape index (κ3) is 2.43. The minimum atomic E-state index is -0.865. The average molecular weight is 270 g/mol. The Morgan fingerprint density at radius 3 is 2.37 bits per heavy atom. The fourth-order valence-corrected chi connectivity index (χ4v) is 3.25. The van der Waals surface area contributed by atoms with Crippen molar-refractivity contribution in [2.45, 2.75) is 25.3 Å². The van der Waals surface area contributed by atoms with Gasteiger partial charge in [-0.1, -0.05) is 0 Å². The van der Waals surface area contributed by atoms with Crippen molar-refractivity contribution in [1.29, 1.82) is 0 Å². The van der Waals surface area contributed by atoms with Crippen LogP contribution in [-0.2, 0) is 0 Å². The Morgan fingerprint density at radius 1 is 0.947 bits per heavy atom. The Labute approximate surface area is 110 Å². The number of rotatable bonds is 1. The van der Waals surface area contributed by atoms with Crippen LogP contribution in [0.2, 0.25) is 0 Å². The van der Waals surface area contributed by atoms with Gasteiger partial charge in [-0.2, -0.15) is 0 Å². The van der Waals surface area contributed by atoms with Crippen molar-refractivity contribution < 1.29 is 13.2 Å². The summed E-state index contributed by atoms with van der Waals surface area (Å²) in [5, 5.41) is 0. The maximum atomic E-state index is 13.8. The van der Waals surface area contributed by atoms with Crippen LogP contribution in [0.3, 0.4) is 0 Å². The monoisotopic (exact) mass is 270 g/mol. The van der Waals surface area contributed by atoms with E-state index in [0.717, 1.165) is 44.5 Å². The standard InChI is InChI=1S/C14H17F3N2/c15-10-7-12(16)14(13(17)8-10)19-6-2-5-18-4-1-3-11(18)9-19/h7-8,11H,1-6,9H2. The molecule has 2 aliphatic rings. The van der Waals surface area contributed by atoms with E-state index in [4.69, 9.17) is 0 Å². The smallest absolute Gasteiger partial charge is 0.152 e. The van der Waals surface area contributed by atoms with E-state index in [0.29, 0.717) is 19.1 Å². The Hall–Kier alpha value is -1.23. The molecular formula is C14H17F3N2. The zero-order chi connectivity index (χ0) is 13.4. The molecule has 0 amide bonds. The van der Waals surface area contributed by atoms with Crippen molar-refractivity contribution in [2.24, 2.45) is 0 Å². The Kier molecular flexibility index (Phi) is 3.39. The molecule has 1 atom stereocenters. The van der Waals surface area contributed by atoms with E-state index in [-0.39, 0.29) is 5.69 Å². The maximum Gasteiger partial charge on any atom is 0.152 e. The van der Waals surface area contributed by atoms with Gasteiger partial charge in [0, 0.05) is 37.8 Å². The predicted molar refractivity (Wildman–Crippen MR) is 67.7 cm³/mol. The summed E-state index contributed by atoms with van der Waals surface area (Å²) >= 11 is 0. The van der Waals surface area contributed by atoms with Gasteiger partial charge in [0.05, 0.1) is 0 Å². The van der Waals surface area contributed by atoms with Gasteiger partial charge >= 0.3 is 0 Å². The zero-order valence-corrected chi connectivity index (χ0v) is 10.7. The second-order valence-corrected chi connectivity index (χ2v) is 5.35. The first-order valence-corrected chi connectivity index (χ1v) is 6.78. The number of hydrogen-bond acceptors (Lipinski definition) is 2. The summed E-state index contributed by atoms with van der Waals surface area (Å²) in [5.41, 5.74) is -0.0739. The highest BCUT2D eigenvalue weighted by molar-refractivity contribution is 5.49. The lowest BCUT2D eigenvalue weighted by Crippen LogP contribution is -2.37. The first-order valence-electron chi connectivity index (χ1n) is 6.78. The topological polar surface area (TPSA) is 6.48 Å². The number of halogens is 3. The van der Waals surface area contributed by atoms with Gasteiger partial charge in [-0.25, -0.2) is 13.2 Å². The Morgan fingerprint density at radius 2 is 1.63 bits per heavy atom. The molecule has 0 saturated carbocycles. The number of anilines is 1. The van der Waals surface area contributed by atoms with Crippen LogP contribution in [0.15, 0.2) is 12.1 Å². The molecule has 19 heavy (non-hydrogen) atoms. The second-order valence-electron chi connectivity index (χ2n) is 5.35.